The van der Waals surface area contributed by atoms with Crippen molar-refractivity contribution in [2.24, 2.45) is 0 Å². The first-order valence-electron chi connectivity index (χ1n) is 6.73. The highest BCUT2D eigenvalue weighted by atomic mass is 32.2. The highest BCUT2D eigenvalue weighted by Gasteiger charge is 2.26. The Morgan fingerprint density at radius 1 is 1.23 bits per heavy atom. The molecule has 0 radical (unpaired) electrons. The van der Waals surface area contributed by atoms with Gasteiger partial charge >= 0.3 is 0 Å². The lowest BCUT2D eigenvalue weighted by atomic mass is 10.3. The molecule has 0 spiro atoms. The average molecular weight is 318 g/mol. The van der Waals surface area contributed by atoms with Crippen LogP contribution in [-0.2, 0) is 9.84 Å². The Balaban J connectivity index is 1.82. The van der Waals surface area contributed by atoms with Crippen LogP contribution in [0.25, 0.3) is 0 Å². The van der Waals surface area contributed by atoms with Gasteiger partial charge in [0.05, 0.1) is 11.3 Å². The zero-order valence-corrected chi connectivity index (χ0v) is 12.7. The Morgan fingerprint density at radius 3 is 2.50 bits per heavy atom. The molecule has 1 aliphatic carbocycles. The van der Waals surface area contributed by atoms with Gasteiger partial charge in [-0.15, -0.1) is 0 Å². The lowest BCUT2D eigenvalue weighted by molar-refractivity contribution is 0.102. The van der Waals surface area contributed by atoms with Crippen LogP contribution in [0, 0.1) is 0 Å². The number of sulfone groups is 1. The summed E-state index contributed by atoms with van der Waals surface area (Å²) >= 11 is 0. The van der Waals surface area contributed by atoms with Crippen LogP contribution in [0.15, 0.2) is 35.7 Å². The van der Waals surface area contributed by atoms with Crippen LogP contribution >= 0.6 is 0 Å². The molecule has 0 atom stereocenters. The highest BCUT2D eigenvalue weighted by molar-refractivity contribution is 7.90. The quantitative estimate of drug-likeness (QED) is 0.914. The molecular formula is C14H14N4O3S. The largest absolute Gasteiger partial charge is 0.319 e. The molecule has 2 heterocycles. The third-order valence-electron chi connectivity index (χ3n) is 3.25. The van der Waals surface area contributed by atoms with Gasteiger partial charge in [-0.2, -0.15) is 0 Å². The van der Waals surface area contributed by atoms with Gasteiger partial charge in [0.15, 0.2) is 14.9 Å². The van der Waals surface area contributed by atoms with Crippen molar-refractivity contribution >= 4 is 21.4 Å². The molecule has 2 aromatic rings. The Bertz CT molecular complexity index is 814. The summed E-state index contributed by atoms with van der Waals surface area (Å²) in [5, 5.41) is 2.37. The fourth-order valence-corrected chi connectivity index (χ4v) is 2.75. The van der Waals surface area contributed by atoms with Gasteiger partial charge in [0.25, 0.3) is 5.91 Å². The Kier molecular flexibility index (Phi) is 3.61. The molecule has 0 aromatic carbocycles. The maximum Gasteiger partial charge on any atom is 0.258 e. The minimum absolute atomic E-state index is 0.140. The molecule has 1 aliphatic rings. The van der Waals surface area contributed by atoms with E-state index in [9.17, 15) is 13.2 Å². The standard InChI is InChI=1S/C14H14N4O3S/c1-22(20,21)14-11(3-2-6-15-14)18-13(19)10-7-16-12(17-8-10)9-4-5-9/h2-3,6-9H,4-5H2,1H3,(H,18,19). The molecule has 7 nitrogen and oxygen atoms in total. The van der Waals surface area contributed by atoms with E-state index in [1.165, 1.54) is 24.7 Å². The van der Waals surface area contributed by atoms with E-state index in [0.29, 0.717) is 5.92 Å². The van der Waals surface area contributed by atoms with Gasteiger partial charge in [-0.05, 0) is 25.0 Å². The predicted octanol–water partition coefficient (Wildman–Crippen LogP) is 1.40. The molecule has 1 N–H and O–H groups in total. The molecular weight excluding hydrogens is 304 g/mol. The van der Waals surface area contributed by atoms with Gasteiger partial charge in [-0.1, -0.05) is 0 Å². The van der Waals surface area contributed by atoms with Crippen LogP contribution in [0.2, 0.25) is 0 Å². The van der Waals surface area contributed by atoms with Crippen LogP contribution in [-0.4, -0.2) is 35.5 Å². The fraction of sp³-hybridized carbons (Fsp3) is 0.286. The number of nitrogens with zero attached hydrogens (tertiary/aromatic N) is 3. The highest BCUT2D eigenvalue weighted by Crippen LogP contribution is 2.37. The fourth-order valence-electron chi connectivity index (χ4n) is 1.98. The number of pyridine rings is 1. The first-order chi connectivity index (χ1) is 10.4. The summed E-state index contributed by atoms with van der Waals surface area (Å²) in [5.41, 5.74) is 0.411. The predicted molar refractivity (Wildman–Crippen MR) is 79.3 cm³/mol. The zero-order chi connectivity index (χ0) is 15.7. The second kappa shape index (κ2) is 5.45. The van der Waals surface area contributed by atoms with Gasteiger partial charge in [0.1, 0.15) is 5.82 Å². The van der Waals surface area contributed by atoms with Gasteiger partial charge in [-0.3, -0.25) is 4.79 Å². The van der Waals surface area contributed by atoms with Crippen molar-refractivity contribution in [1.82, 2.24) is 15.0 Å². The van der Waals surface area contributed by atoms with Crippen LogP contribution in [0.4, 0.5) is 5.69 Å². The number of hydrogen-bond donors (Lipinski definition) is 1. The molecule has 2 aromatic heterocycles. The summed E-state index contributed by atoms with van der Waals surface area (Å²) < 4.78 is 23.3. The van der Waals surface area contributed by atoms with E-state index in [2.05, 4.69) is 20.3 Å². The zero-order valence-electron chi connectivity index (χ0n) is 11.9. The van der Waals surface area contributed by atoms with E-state index in [4.69, 9.17) is 0 Å². The lowest BCUT2D eigenvalue weighted by Crippen LogP contribution is -2.16. The van der Waals surface area contributed by atoms with Gasteiger partial charge in [-0.25, -0.2) is 23.4 Å². The second-order valence-electron chi connectivity index (χ2n) is 5.19. The number of nitrogens with one attached hydrogen (secondary N) is 1. The Hall–Kier alpha value is -2.35. The van der Waals surface area contributed by atoms with Crippen LogP contribution in [0.5, 0.6) is 0 Å². The molecule has 0 aliphatic heterocycles. The van der Waals surface area contributed by atoms with Crippen molar-refractivity contribution in [2.45, 2.75) is 23.8 Å². The molecule has 3 rings (SSSR count). The van der Waals surface area contributed by atoms with E-state index in [1.807, 2.05) is 0 Å². The summed E-state index contributed by atoms with van der Waals surface area (Å²) in [6.45, 7) is 0. The second-order valence-corrected chi connectivity index (χ2v) is 7.12. The Morgan fingerprint density at radius 2 is 1.91 bits per heavy atom. The van der Waals surface area contributed by atoms with Crippen LogP contribution < -0.4 is 5.32 Å². The molecule has 22 heavy (non-hydrogen) atoms. The number of hydrogen-bond acceptors (Lipinski definition) is 6. The number of aromatic nitrogens is 3. The van der Waals surface area contributed by atoms with E-state index < -0.39 is 15.7 Å². The number of amides is 1. The smallest absolute Gasteiger partial charge is 0.258 e. The van der Waals surface area contributed by atoms with Crippen molar-refractivity contribution in [1.29, 1.82) is 0 Å². The summed E-state index contributed by atoms with van der Waals surface area (Å²) in [5.74, 6) is 0.683. The van der Waals surface area contributed by atoms with Crippen LogP contribution in [0.1, 0.15) is 34.9 Å². The van der Waals surface area contributed by atoms with E-state index in [-0.39, 0.29) is 16.3 Å². The monoisotopic (exact) mass is 318 g/mol. The minimum atomic E-state index is -3.53. The molecule has 1 amide bonds. The third-order valence-corrected chi connectivity index (χ3v) is 4.27. The summed E-state index contributed by atoms with van der Waals surface area (Å²) in [4.78, 5) is 24.3. The molecule has 1 saturated carbocycles. The molecule has 1 fully saturated rings. The number of rotatable bonds is 4. The Labute approximate surface area is 127 Å². The number of carbonyl (C=O) groups is 1. The third kappa shape index (κ3) is 3.11. The van der Waals surface area contributed by atoms with Crippen molar-refractivity contribution in [3.05, 3.63) is 42.1 Å². The molecule has 0 unspecified atom stereocenters. The van der Waals surface area contributed by atoms with Crippen molar-refractivity contribution < 1.29 is 13.2 Å². The first kappa shape index (κ1) is 14.6. The molecule has 0 bridgehead atoms. The van der Waals surface area contributed by atoms with Gasteiger partial charge < -0.3 is 5.32 Å². The van der Waals surface area contributed by atoms with E-state index >= 15 is 0 Å². The van der Waals surface area contributed by atoms with Crippen LogP contribution in [0.3, 0.4) is 0 Å². The number of carbonyl (C=O) groups excluding carboxylic acids is 1. The summed E-state index contributed by atoms with van der Waals surface area (Å²) in [6.07, 6.45) is 7.47. The van der Waals surface area contributed by atoms with Crippen molar-refractivity contribution in [3.8, 4) is 0 Å². The maximum absolute atomic E-state index is 12.2. The number of anilines is 1. The van der Waals surface area contributed by atoms with Gasteiger partial charge in [0, 0.05) is 30.8 Å². The maximum atomic E-state index is 12.2. The van der Waals surface area contributed by atoms with Crippen molar-refractivity contribution in [3.63, 3.8) is 0 Å². The van der Waals surface area contributed by atoms with E-state index in [0.717, 1.165) is 24.9 Å². The molecule has 114 valence electrons. The molecule has 8 heteroatoms. The van der Waals surface area contributed by atoms with Gasteiger partial charge in [0.2, 0.25) is 0 Å². The minimum Gasteiger partial charge on any atom is -0.319 e. The summed E-state index contributed by atoms with van der Waals surface area (Å²) in [6, 6.07) is 3.04. The summed E-state index contributed by atoms with van der Waals surface area (Å²) in [7, 11) is -3.53. The molecule has 0 saturated heterocycles. The topological polar surface area (TPSA) is 102 Å². The lowest BCUT2D eigenvalue weighted by Gasteiger charge is -2.08. The SMILES string of the molecule is CS(=O)(=O)c1ncccc1NC(=O)c1cnc(C2CC2)nc1. The van der Waals surface area contributed by atoms with Crippen molar-refractivity contribution in [2.75, 3.05) is 11.6 Å². The normalized spacial score (nSPS) is 14.6. The van der Waals surface area contributed by atoms with E-state index in [1.54, 1.807) is 6.07 Å². The first-order valence-corrected chi connectivity index (χ1v) is 8.62. The average Bonchev–Trinajstić information content (AvgIpc) is 3.31.